The highest BCUT2D eigenvalue weighted by Gasteiger charge is 2.39. The Bertz CT molecular complexity index is 850. The number of nitrogens with one attached hydrogen (secondary N) is 2. The predicted octanol–water partition coefficient (Wildman–Crippen LogP) is 1.81. The number of amides is 1. The van der Waals surface area contributed by atoms with Crippen LogP contribution in [0.2, 0.25) is 0 Å². The van der Waals surface area contributed by atoms with Crippen LogP contribution in [0.5, 0.6) is 0 Å². The molecule has 4 rings (SSSR count). The summed E-state index contributed by atoms with van der Waals surface area (Å²) in [5.74, 6) is 5.54. The molecule has 2 heterocycles. The minimum absolute atomic E-state index is 0.0110. The Morgan fingerprint density at radius 3 is 2.83 bits per heavy atom. The van der Waals surface area contributed by atoms with Crippen LogP contribution in [-0.2, 0) is 0 Å². The maximum absolute atomic E-state index is 12.6. The van der Waals surface area contributed by atoms with Crippen molar-refractivity contribution in [1.82, 2.24) is 10.6 Å². The van der Waals surface area contributed by atoms with Gasteiger partial charge in [0.1, 0.15) is 6.61 Å². The molecule has 2 fully saturated rings. The molecule has 24 heavy (non-hydrogen) atoms. The lowest BCUT2D eigenvalue weighted by atomic mass is 9.95. The maximum atomic E-state index is 12.6. The number of rotatable bonds is 2. The van der Waals surface area contributed by atoms with Gasteiger partial charge in [0, 0.05) is 29.3 Å². The zero-order chi connectivity index (χ0) is 16.5. The number of aliphatic hydroxyl groups is 1. The Morgan fingerprint density at radius 1 is 1.21 bits per heavy atom. The Labute approximate surface area is 141 Å². The number of fused-ring (bicyclic) bond motifs is 3. The van der Waals surface area contributed by atoms with Gasteiger partial charge in [-0.05, 0) is 54.3 Å². The third-order valence-electron chi connectivity index (χ3n) is 5.03. The fourth-order valence-electron chi connectivity index (χ4n) is 3.84. The maximum Gasteiger partial charge on any atom is 0.251 e. The van der Waals surface area contributed by atoms with E-state index in [1.54, 1.807) is 0 Å². The highest BCUT2D eigenvalue weighted by molar-refractivity contribution is 5.99. The minimum Gasteiger partial charge on any atom is -0.384 e. The molecule has 4 heteroatoms. The molecule has 4 nitrogen and oxygen atoms in total. The van der Waals surface area contributed by atoms with Gasteiger partial charge in [-0.15, -0.1) is 0 Å². The normalized spacial score (nSPS) is 24.6. The molecule has 122 valence electrons. The fourth-order valence-corrected chi connectivity index (χ4v) is 3.84. The molecule has 2 bridgehead atoms. The second-order valence-corrected chi connectivity index (χ2v) is 6.60. The summed E-state index contributed by atoms with van der Waals surface area (Å²) in [5, 5.41) is 17.6. The summed E-state index contributed by atoms with van der Waals surface area (Å²) in [5.41, 5.74) is 1.52. The van der Waals surface area contributed by atoms with Crippen molar-refractivity contribution in [2.45, 2.75) is 37.4 Å². The Morgan fingerprint density at radius 2 is 2.08 bits per heavy atom. The summed E-state index contributed by atoms with van der Waals surface area (Å²) in [6.45, 7) is -0.155. The van der Waals surface area contributed by atoms with Crippen molar-refractivity contribution in [3.05, 3.63) is 47.5 Å². The Hall–Kier alpha value is -2.35. The predicted molar refractivity (Wildman–Crippen MR) is 93.7 cm³/mol. The number of carbonyl (C=O) groups excluding carboxylic acids is 1. The van der Waals surface area contributed by atoms with Gasteiger partial charge >= 0.3 is 0 Å². The first kappa shape index (κ1) is 15.2. The lowest BCUT2D eigenvalue weighted by Crippen LogP contribution is -2.42. The van der Waals surface area contributed by atoms with Crippen molar-refractivity contribution in [1.29, 1.82) is 0 Å². The second-order valence-electron chi connectivity index (χ2n) is 6.60. The molecule has 3 atom stereocenters. The van der Waals surface area contributed by atoms with E-state index in [9.17, 15) is 4.79 Å². The largest absolute Gasteiger partial charge is 0.384 e. The van der Waals surface area contributed by atoms with Crippen molar-refractivity contribution in [2.24, 2.45) is 0 Å². The van der Waals surface area contributed by atoms with Crippen LogP contribution in [0.1, 0.15) is 35.2 Å². The van der Waals surface area contributed by atoms with E-state index in [0.29, 0.717) is 17.6 Å². The van der Waals surface area contributed by atoms with E-state index in [2.05, 4.69) is 22.5 Å². The monoisotopic (exact) mass is 320 g/mol. The van der Waals surface area contributed by atoms with E-state index < -0.39 is 0 Å². The van der Waals surface area contributed by atoms with E-state index in [4.69, 9.17) is 5.11 Å². The minimum atomic E-state index is -0.155. The quantitative estimate of drug-likeness (QED) is 0.740. The second kappa shape index (κ2) is 6.27. The molecule has 2 aromatic rings. The molecule has 2 aliphatic heterocycles. The highest BCUT2D eigenvalue weighted by atomic mass is 16.2. The molecule has 2 saturated heterocycles. The average molecular weight is 320 g/mol. The molecule has 2 aromatic carbocycles. The summed E-state index contributed by atoms with van der Waals surface area (Å²) in [7, 11) is 0. The van der Waals surface area contributed by atoms with Gasteiger partial charge in [-0.3, -0.25) is 4.79 Å². The topological polar surface area (TPSA) is 61.4 Å². The van der Waals surface area contributed by atoms with Crippen molar-refractivity contribution in [3.8, 4) is 11.8 Å². The number of hydrogen-bond acceptors (Lipinski definition) is 3. The molecule has 1 amide bonds. The number of hydrogen-bond donors (Lipinski definition) is 3. The zero-order valence-electron chi connectivity index (χ0n) is 13.4. The van der Waals surface area contributed by atoms with Crippen LogP contribution in [-0.4, -0.2) is 35.7 Å². The molecule has 0 radical (unpaired) electrons. The first-order valence-electron chi connectivity index (χ1n) is 8.43. The summed E-state index contributed by atoms with van der Waals surface area (Å²) in [4.78, 5) is 12.6. The van der Waals surface area contributed by atoms with E-state index in [1.165, 1.54) is 6.42 Å². The smallest absolute Gasteiger partial charge is 0.251 e. The van der Waals surface area contributed by atoms with Crippen LogP contribution in [0.25, 0.3) is 10.8 Å². The summed E-state index contributed by atoms with van der Waals surface area (Å²) in [6.07, 6.45) is 3.41. The summed E-state index contributed by atoms with van der Waals surface area (Å²) in [6, 6.07) is 12.9. The molecule has 0 aromatic heterocycles. The van der Waals surface area contributed by atoms with E-state index >= 15 is 0 Å². The molecular weight excluding hydrogens is 300 g/mol. The number of benzene rings is 2. The van der Waals surface area contributed by atoms with Gasteiger partial charge in [0.2, 0.25) is 0 Å². The van der Waals surface area contributed by atoms with Crippen LogP contribution in [0, 0.1) is 11.8 Å². The molecule has 3 N–H and O–H groups in total. The standard InChI is InChI=1S/C20H20N2O2/c23-9-1-2-13-3-4-14-5-6-15(11-16(14)10-13)20(24)22-19-12-17-7-8-18(19)21-17/h3-6,10-11,17-19,21,23H,7-9,12H2,(H,22,24). The number of aliphatic hydroxyl groups excluding tert-OH is 1. The van der Waals surface area contributed by atoms with E-state index in [0.717, 1.165) is 29.2 Å². The first-order valence-corrected chi connectivity index (χ1v) is 8.43. The molecule has 3 unspecified atom stereocenters. The third-order valence-corrected chi connectivity index (χ3v) is 5.03. The average Bonchev–Trinajstić information content (AvgIpc) is 3.22. The Kier molecular flexibility index (Phi) is 3.97. The molecule has 0 spiro atoms. The van der Waals surface area contributed by atoms with Crippen molar-refractivity contribution in [2.75, 3.05) is 6.61 Å². The lowest BCUT2D eigenvalue weighted by Gasteiger charge is -2.21. The lowest BCUT2D eigenvalue weighted by molar-refractivity contribution is 0.0931. The fraction of sp³-hybridized carbons (Fsp3) is 0.350. The van der Waals surface area contributed by atoms with Crippen LogP contribution in [0.4, 0.5) is 0 Å². The van der Waals surface area contributed by atoms with Crippen molar-refractivity contribution < 1.29 is 9.90 Å². The summed E-state index contributed by atoms with van der Waals surface area (Å²) < 4.78 is 0. The number of carbonyl (C=O) groups is 1. The molecule has 0 saturated carbocycles. The van der Waals surface area contributed by atoms with Crippen LogP contribution in [0.3, 0.4) is 0 Å². The van der Waals surface area contributed by atoms with E-state index in [-0.39, 0.29) is 18.6 Å². The molecule has 2 aliphatic rings. The van der Waals surface area contributed by atoms with Gasteiger partial charge in [-0.1, -0.05) is 24.0 Å². The van der Waals surface area contributed by atoms with Crippen LogP contribution in [0.15, 0.2) is 36.4 Å². The van der Waals surface area contributed by atoms with Gasteiger partial charge in [0.05, 0.1) is 0 Å². The van der Waals surface area contributed by atoms with Gasteiger partial charge in [0.25, 0.3) is 5.91 Å². The first-order chi connectivity index (χ1) is 11.7. The highest BCUT2D eigenvalue weighted by Crippen LogP contribution is 2.28. The molecule has 0 aliphatic carbocycles. The Balaban J connectivity index is 1.55. The van der Waals surface area contributed by atoms with Gasteiger partial charge in [-0.2, -0.15) is 0 Å². The van der Waals surface area contributed by atoms with Gasteiger partial charge in [0.15, 0.2) is 0 Å². The van der Waals surface area contributed by atoms with E-state index in [1.807, 2.05) is 36.4 Å². The van der Waals surface area contributed by atoms with Gasteiger partial charge in [-0.25, -0.2) is 0 Å². The third kappa shape index (κ3) is 2.89. The van der Waals surface area contributed by atoms with Crippen LogP contribution >= 0.6 is 0 Å². The zero-order valence-corrected chi connectivity index (χ0v) is 13.4. The van der Waals surface area contributed by atoms with Crippen LogP contribution < -0.4 is 10.6 Å². The van der Waals surface area contributed by atoms with Crippen molar-refractivity contribution in [3.63, 3.8) is 0 Å². The SMILES string of the molecule is O=C(NC1CC2CCC1N2)c1ccc2ccc(C#CCO)cc2c1. The molecular formula is C20H20N2O2. The summed E-state index contributed by atoms with van der Waals surface area (Å²) >= 11 is 0. The van der Waals surface area contributed by atoms with Gasteiger partial charge < -0.3 is 15.7 Å². The van der Waals surface area contributed by atoms with Crippen molar-refractivity contribution >= 4 is 16.7 Å².